The molecule has 1 aliphatic carbocycles. The van der Waals surface area contributed by atoms with Crippen molar-refractivity contribution in [1.29, 1.82) is 0 Å². The van der Waals surface area contributed by atoms with Gasteiger partial charge in [0.25, 0.3) is 0 Å². The highest BCUT2D eigenvalue weighted by molar-refractivity contribution is 8.25. The van der Waals surface area contributed by atoms with Crippen LogP contribution in [0.3, 0.4) is 0 Å². The second-order valence-corrected chi connectivity index (χ2v) is 12.0. The number of rotatable bonds is 9. The second kappa shape index (κ2) is 10.9. The molecule has 35 heavy (non-hydrogen) atoms. The summed E-state index contributed by atoms with van der Waals surface area (Å²) in [5.74, 6) is 1.47. The molecule has 0 unspecified atom stereocenters. The molecule has 11 heteroatoms. The summed E-state index contributed by atoms with van der Waals surface area (Å²) in [7, 11) is -2.97. The van der Waals surface area contributed by atoms with Crippen LogP contribution in [-0.2, 0) is 9.48 Å². The van der Waals surface area contributed by atoms with Gasteiger partial charge in [-0.05, 0) is 69.6 Å². The number of benzene rings is 1. The standard InChI is InChI=1S/C24H35N5O4S2/c1-3-25-23(34)26-19-7-5-18(6-8-19)22-27-20(24(9-10-24)35(31,32)14-4-12-30)15-21(28-22)29-11-13-33-16-17(29)2/h5-8,15,17,30-32H,3-4,9-14,16H2,1-2H3,(H2,25,26,34)/t17-/m0/s1. The van der Waals surface area contributed by atoms with Crippen molar-refractivity contribution >= 4 is 39.4 Å². The Kier molecular flexibility index (Phi) is 8.14. The molecule has 2 heterocycles. The van der Waals surface area contributed by atoms with E-state index in [1.807, 2.05) is 37.3 Å². The molecule has 0 spiro atoms. The Balaban J connectivity index is 1.71. The molecule has 1 saturated carbocycles. The molecule has 1 atom stereocenters. The molecule has 1 aromatic heterocycles. The van der Waals surface area contributed by atoms with Gasteiger partial charge in [-0.3, -0.25) is 9.11 Å². The number of nitrogens with one attached hydrogen (secondary N) is 2. The molecule has 0 bridgehead atoms. The van der Waals surface area contributed by atoms with Gasteiger partial charge in [0.1, 0.15) is 10.6 Å². The quantitative estimate of drug-likeness (QED) is 0.311. The molecule has 2 fully saturated rings. The molecule has 0 radical (unpaired) electrons. The molecular formula is C24H35N5O4S2. The smallest absolute Gasteiger partial charge is 0.170 e. The Bertz CT molecular complexity index is 1030. The zero-order valence-corrected chi connectivity index (χ0v) is 21.9. The maximum Gasteiger partial charge on any atom is 0.170 e. The molecule has 5 N–H and O–H groups in total. The van der Waals surface area contributed by atoms with Crippen molar-refractivity contribution in [1.82, 2.24) is 15.3 Å². The summed E-state index contributed by atoms with van der Waals surface area (Å²) in [5, 5.41) is 16.0. The fraction of sp³-hybridized carbons (Fsp3) is 0.542. The molecule has 0 amide bonds. The first-order valence-corrected chi connectivity index (χ1v) is 14.2. The monoisotopic (exact) mass is 521 g/mol. The van der Waals surface area contributed by atoms with Gasteiger partial charge >= 0.3 is 0 Å². The van der Waals surface area contributed by atoms with E-state index < -0.39 is 15.3 Å². The van der Waals surface area contributed by atoms with Crippen LogP contribution in [-0.4, -0.2) is 74.0 Å². The van der Waals surface area contributed by atoms with Crippen molar-refractivity contribution in [2.45, 2.75) is 43.9 Å². The van der Waals surface area contributed by atoms with E-state index in [0.29, 0.717) is 55.7 Å². The minimum absolute atomic E-state index is 0.0743. The average molecular weight is 522 g/mol. The lowest BCUT2D eigenvalue weighted by Gasteiger charge is -2.41. The van der Waals surface area contributed by atoms with Gasteiger partial charge in [-0.2, -0.15) is 10.6 Å². The number of morpholine rings is 1. The van der Waals surface area contributed by atoms with E-state index in [0.717, 1.165) is 23.6 Å². The van der Waals surface area contributed by atoms with Crippen molar-refractivity contribution in [3.8, 4) is 11.4 Å². The summed E-state index contributed by atoms with van der Waals surface area (Å²) >= 11 is 5.27. The molecule has 1 aliphatic heterocycles. The molecule has 4 rings (SSSR count). The number of ether oxygens (including phenoxy) is 1. The molecule has 1 saturated heterocycles. The Morgan fingerprint density at radius 1 is 1.26 bits per heavy atom. The van der Waals surface area contributed by atoms with Crippen LogP contribution in [0.4, 0.5) is 11.5 Å². The Hall–Kier alpha value is -2.02. The highest BCUT2D eigenvalue weighted by atomic mass is 32.3. The lowest BCUT2D eigenvalue weighted by atomic mass is 10.1. The number of hydrogen-bond donors (Lipinski definition) is 5. The highest BCUT2D eigenvalue weighted by Gasteiger charge is 2.56. The maximum atomic E-state index is 11.1. The van der Waals surface area contributed by atoms with Crippen molar-refractivity contribution in [3.05, 3.63) is 36.0 Å². The number of hydrogen-bond acceptors (Lipinski definition) is 8. The summed E-state index contributed by atoms with van der Waals surface area (Å²) < 4.78 is 27.0. The summed E-state index contributed by atoms with van der Waals surface area (Å²) in [4.78, 5) is 11.9. The van der Waals surface area contributed by atoms with Crippen LogP contribution in [0.5, 0.6) is 0 Å². The summed E-state index contributed by atoms with van der Waals surface area (Å²) in [6, 6.07) is 9.78. The van der Waals surface area contributed by atoms with Gasteiger partial charge in [-0.15, -0.1) is 0 Å². The fourth-order valence-corrected chi connectivity index (χ4v) is 6.76. The van der Waals surface area contributed by atoms with Crippen LogP contribution in [0.25, 0.3) is 11.4 Å². The molecular weight excluding hydrogens is 486 g/mol. The van der Waals surface area contributed by atoms with E-state index >= 15 is 0 Å². The lowest BCUT2D eigenvalue weighted by molar-refractivity contribution is 0.0985. The van der Waals surface area contributed by atoms with Gasteiger partial charge in [0.05, 0.1) is 24.9 Å². The Morgan fingerprint density at radius 3 is 2.63 bits per heavy atom. The second-order valence-electron chi connectivity index (χ2n) is 9.06. The number of anilines is 2. The first kappa shape index (κ1) is 26.1. The average Bonchev–Trinajstić information content (AvgIpc) is 3.66. The van der Waals surface area contributed by atoms with Crippen molar-refractivity contribution in [3.63, 3.8) is 0 Å². The topological polar surface area (TPSA) is 123 Å². The third-order valence-electron chi connectivity index (χ3n) is 6.50. The Morgan fingerprint density at radius 2 is 2.00 bits per heavy atom. The number of aliphatic hydroxyl groups excluding tert-OH is 1. The minimum Gasteiger partial charge on any atom is -0.396 e. The first-order valence-electron chi connectivity index (χ1n) is 12.1. The number of thiocarbonyl (C=S) groups is 1. The number of nitrogens with zero attached hydrogens (tertiary/aromatic N) is 3. The SMILES string of the molecule is CCNC(=S)Nc1ccc(-c2nc(N3CCOC[C@@H]3C)cc(C3(S(O)(O)CCCO)CC3)n2)cc1. The third-order valence-corrected chi connectivity index (χ3v) is 9.47. The van der Waals surface area contributed by atoms with Crippen molar-refractivity contribution in [2.24, 2.45) is 0 Å². The number of aromatic nitrogens is 2. The van der Waals surface area contributed by atoms with Crippen LogP contribution < -0.4 is 15.5 Å². The van der Waals surface area contributed by atoms with E-state index in [9.17, 15) is 14.2 Å². The third kappa shape index (κ3) is 5.71. The van der Waals surface area contributed by atoms with Crippen LogP contribution >= 0.6 is 22.8 Å². The van der Waals surface area contributed by atoms with Gasteiger partial charge < -0.3 is 25.4 Å². The molecule has 9 nitrogen and oxygen atoms in total. The first-order chi connectivity index (χ1) is 16.8. The van der Waals surface area contributed by atoms with Gasteiger partial charge in [-0.1, -0.05) is 0 Å². The predicted octanol–water partition coefficient (Wildman–Crippen LogP) is 3.80. The molecule has 1 aromatic carbocycles. The maximum absolute atomic E-state index is 11.1. The predicted molar refractivity (Wildman–Crippen MR) is 145 cm³/mol. The summed E-state index contributed by atoms with van der Waals surface area (Å²) in [5.41, 5.74) is 2.34. The largest absolute Gasteiger partial charge is 0.396 e. The van der Waals surface area contributed by atoms with Crippen LogP contribution in [0.1, 0.15) is 38.8 Å². The van der Waals surface area contributed by atoms with Gasteiger partial charge in [0.15, 0.2) is 10.9 Å². The zero-order valence-electron chi connectivity index (χ0n) is 20.2. The van der Waals surface area contributed by atoms with Gasteiger partial charge in [0.2, 0.25) is 0 Å². The van der Waals surface area contributed by atoms with E-state index in [2.05, 4.69) is 22.5 Å². The van der Waals surface area contributed by atoms with Crippen LogP contribution in [0.15, 0.2) is 30.3 Å². The van der Waals surface area contributed by atoms with Crippen LogP contribution in [0.2, 0.25) is 0 Å². The zero-order chi connectivity index (χ0) is 25.1. The highest BCUT2D eigenvalue weighted by Crippen LogP contribution is 2.71. The fourth-order valence-electron chi connectivity index (χ4n) is 4.38. The molecule has 2 aliphatic rings. The van der Waals surface area contributed by atoms with Gasteiger partial charge in [-0.25, -0.2) is 9.97 Å². The normalized spacial score (nSPS) is 19.8. The summed E-state index contributed by atoms with van der Waals surface area (Å²) in [6.45, 7) is 6.67. The van der Waals surface area contributed by atoms with Crippen molar-refractivity contribution in [2.75, 3.05) is 48.9 Å². The minimum atomic E-state index is -2.97. The number of aliphatic hydroxyl groups is 1. The van der Waals surface area contributed by atoms with E-state index in [-0.39, 0.29) is 18.4 Å². The van der Waals surface area contributed by atoms with E-state index in [1.54, 1.807) is 0 Å². The van der Waals surface area contributed by atoms with Crippen LogP contribution in [0, 0.1) is 0 Å². The Labute approximate surface area is 213 Å². The van der Waals surface area contributed by atoms with E-state index in [4.69, 9.17) is 26.9 Å². The molecule has 192 valence electrons. The summed E-state index contributed by atoms with van der Waals surface area (Å²) in [6.07, 6.45) is 1.65. The van der Waals surface area contributed by atoms with Crippen molar-refractivity contribution < 1.29 is 18.9 Å². The lowest BCUT2D eigenvalue weighted by Crippen LogP contribution is -2.44. The van der Waals surface area contributed by atoms with Gasteiger partial charge in [0, 0.05) is 42.8 Å². The van der Waals surface area contributed by atoms with E-state index in [1.165, 1.54) is 0 Å². The molecule has 2 aromatic rings.